The molecule has 1 unspecified atom stereocenters. The molecular formula is C39H43N3O5. The molecule has 1 aliphatic rings. The Morgan fingerprint density at radius 1 is 0.894 bits per heavy atom. The summed E-state index contributed by atoms with van der Waals surface area (Å²) in [6, 6.07) is 30.8. The number of aryl methyl sites for hydroxylation is 1. The van der Waals surface area contributed by atoms with E-state index in [-0.39, 0.29) is 16.7 Å². The molecule has 47 heavy (non-hydrogen) atoms. The van der Waals surface area contributed by atoms with Gasteiger partial charge in [-0.1, -0.05) is 60.7 Å². The number of aliphatic hydroxyl groups excluding tert-OH is 1. The van der Waals surface area contributed by atoms with Crippen molar-refractivity contribution in [1.29, 1.82) is 0 Å². The minimum absolute atomic E-state index is 0.0321. The van der Waals surface area contributed by atoms with Crippen molar-refractivity contribution in [2.45, 2.75) is 43.7 Å². The van der Waals surface area contributed by atoms with Crippen LogP contribution in [0.2, 0.25) is 0 Å². The van der Waals surface area contributed by atoms with Crippen molar-refractivity contribution in [2.24, 2.45) is 0 Å². The third-order valence-corrected chi connectivity index (χ3v) is 9.45. The maximum absolute atomic E-state index is 11.7. The number of pyridine rings is 1. The number of likely N-dealkylation sites (tertiary alicyclic amines) is 1. The maximum Gasteiger partial charge on any atom is 0.248 e. The van der Waals surface area contributed by atoms with Gasteiger partial charge in [-0.15, -0.1) is 0 Å². The average molecular weight is 634 g/mol. The zero-order valence-corrected chi connectivity index (χ0v) is 26.8. The number of hydrogen-bond acceptors (Lipinski definition) is 7. The van der Waals surface area contributed by atoms with Gasteiger partial charge in [-0.2, -0.15) is 0 Å². The summed E-state index contributed by atoms with van der Waals surface area (Å²) in [7, 11) is 2.16. The molecule has 5 N–H and O–H groups in total. The molecule has 8 heteroatoms. The van der Waals surface area contributed by atoms with Gasteiger partial charge >= 0.3 is 0 Å². The second-order valence-electron chi connectivity index (χ2n) is 12.6. The molecule has 1 fully saturated rings. The van der Waals surface area contributed by atoms with Crippen LogP contribution in [-0.2, 0) is 18.4 Å². The first-order valence-electron chi connectivity index (χ1n) is 16.3. The van der Waals surface area contributed by atoms with Crippen molar-refractivity contribution in [3.63, 3.8) is 0 Å². The van der Waals surface area contributed by atoms with Crippen LogP contribution in [-0.4, -0.2) is 58.5 Å². The van der Waals surface area contributed by atoms with Gasteiger partial charge in [0.1, 0.15) is 17.2 Å². The van der Waals surface area contributed by atoms with Crippen LogP contribution < -0.4 is 15.6 Å². The minimum Gasteiger partial charge on any atom is -0.508 e. The molecule has 4 aromatic carbocycles. The van der Waals surface area contributed by atoms with E-state index < -0.39 is 6.10 Å². The maximum atomic E-state index is 11.7. The van der Waals surface area contributed by atoms with Crippen LogP contribution in [0.15, 0.2) is 102 Å². The number of piperidine rings is 1. The molecule has 0 spiro atoms. The topological polar surface area (TPSA) is 118 Å². The van der Waals surface area contributed by atoms with Gasteiger partial charge in [0.25, 0.3) is 0 Å². The number of aliphatic hydroxyl groups is 1. The number of nitrogens with one attached hydrogen (secondary N) is 2. The summed E-state index contributed by atoms with van der Waals surface area (Å²) in [6.07, 6.45) is 2.79. The number of phenolic OH excluding ortho intramolecular Hbond substituents is 2. The highest BCUT2D eigenvalue weighted by atomic mass is 16.5. The Kier molecular flexibility index (Phi) is 9.92. The summed E-state index contributed by atoms with van der Waals surface area (Å²) in [5.74, 6) is 1.12. The first-order valence-corrected chi connectivity index (χ1v) is 16.3. The lowest BCUT2D eigenvalue weighted by Crippen LogP contribution is -2.41. The van der Waals surface area contributed by atoms with Gasteiger partial charge in [-0.05, 0) is 98.4 Å². The standard InChI is InChI=1S/C39H43N3O5/c1-42-20-18-39(19-21-42,29-9-3-2-4-10-29)33-24-27(12-15-34(33)43)8-6-22-47-30-11-5-7-28(23-30)25-40-26-36(45)31-13-16-35(44)38-32(31)14-17-37(46)41-38/h2-5,7,9-17,23-24,36,40,43-45H,6,8,18-22,25-26H2,1H3,(H,41,46). The number of phenols is 2. The Hall–Kier alpha value is -4.63. The molecule has 0 radical (unpaired) electrons. The van der Waals surface area contributed by atoms with Crippen molar-refractivity contribution in [1.82, 2.24) is 15.2 Å². The number of H-pyrrole nitrogens is 1. The fourth-order valence-corrected chi connectivity index (χ4v) is 6.82. The second kappa shape index (κ2) is 14.4. The Morgan fingerprint density at radius 2 is 1.68 bits per heavy atom. The predicted octanol–water partition coefficient (Wildman–Crippen LogP) is 5.79. The second-order valence-corrected chi connectivity index (χ2v) is 12.6. The minimum atomic E-state index is -0.828. The van der Waals surface area contributed by atoms with E-state index in [9.17, 15) is 20.1 Å². The molecule has 1 aliphatic heterocycles. The van der Waals surface area contributed by atoms with E-state index in [1.807, 2.05) is 42.5 Å². The normalized spacial score (nSPS) is 15.4. The van der Waals surface area contributed by atoms with Crippen molar-refractivity contribution in [3.8, 4) is 17.2 Å². The van der Waals surface area contributed by atoms with Crippen LogP contribution in [0, 0.1) is 0 Å². The van der Waals surface area contributed by atoms with Crippen molar-refractivity contribution in [3.05, 3.63) is 135 Å². The van der Waals surface area contributed by atoms with E-state index in [0.29, 0.717) is 41.9 Å². The van der Waals surface area contributed by atoms with Crippen LogP contribution in [0.1, 0.15) is 53.2 Å². The van der Waals surface area contributed by atoms with Crippen molar-refractivity contribution in [2.75, 3.05) is 33.3 Å². The van der Waals surface area contributed by atoms with E-state index >= 15 is 0 Å². The molecule has 8 nitrogen and oxygen atoms in total. The third-order valence-electron chi connectivity index (χ3n) is 9.45. The smallest absolute Gasteiger partial charge is 0.248 e. The fourth-order valence-electron chi connectivity index (χ4n) is 6.82. The number of ether oxygens (including phenoxy) is 1. The highest BCUT2D eigenvalue weighted by molar-refractivity contribution is 5.87. The molecule has 0 bridgehead atoms. The Balaban J connectivity index is 1.03. The highest BCUT2D eigenvalue weighted by Crippen LogP contribution is 2.45. The van der Waals surface area contributed by atoms with Crippen LogP contribution >= 0.6 is 0 Å². The molecule has 0 aliphatic carbocycles. The van der Waals surface area contributed by atoms with Crippen molar-refractivity contribution >= 4 is 10.9 Å². The lowest BCUT2D eigenvalue weighted by Gasteiger charge is -2.42. The molecule has 5 aromatic rings. The zero-order chi connectivity index (χ0) is 32.8. The quantitative estimate of drug-likeness (QED) is 0.111. The number of aromatic amines is 1. The summed E-state index contributed by atoms with van der Waals surface area (Å²) >= 11 is 0. The Morgan fingerprint density at radius 3 is 2.49 bits per heavy atom. The van der Waals surface area contributed by atoms with E-state index in [4.69, 9.17) is 4.74 Å². The molecular weight excluding hydrogens is 590 g/mol. The molecule has 1 aromatic heterocycles. The lowest BCUT2D eigenvalue weighted by atomic mass is 9.67. The molecule has 244 valence electrons. The van der Waals surface area contributed by atoms with Gasteiger partial charge in [0, 0.05) is 35.5 Å². The van der Waals surface area contributed by atoms with Gasteiger partial charge in [-0.25, -0.2) is 0 Å². The Labute approximate surface area is 275 Å². The van der Waals surface area contributed by atoms with Gasteiger partial charge in [-0.3, -0.25) is 4.79 Å². The SMILES string of the molecule is CN1CCC(c2ccccc2)(c2cc(CCCOc3cccc(CNCC(O)c4ccc(O)c5[nH]c(=O)ccc45)c3)ccc2O)CC1. The lowest BCUT2D eigenvalue weighted by molar-refractivity contribution is 0.176. The van der Waals surface area contributed by atoms with Crippen LogP contribution in [0.4, 0.5) is 0 Å². The van der Waals surface area contributed by atoms with Crippen LogP contribution in [0.5, 0.6) is 17.2 Å². The van der Waals surface area contributed by atoms with Gasteiger partial charge in [0.05, 0.1) is 18.2 Å². The molecule has 1 atom stereocenters. The monoisotopic (exact) mass is 633 g/mol. The fraction of sp³-hybridized carbons (Fsp3) is 0.308. The zero-order valence-electron chi connectivity index (χ0n) is 26.8. The molecule has 1 saturated heterocycles. The number of benzene rings is 4. The first kappa shape index (κ1) is 32.3. The predicted molar refractivity (Wildman–Crippen MR) is 185 cm³/mol. The number of rotatable bonds is 12. The largest absolute Gasteiger partial charge is 0.508 e. The summed E-state index contributed by atoms with van der Waals surface area (Å²) in [4.78, 5) is 16.7. The third kappa shape index (κ3) is 7.36. The van der Waals surface area contributed by atoms with E-state index in [1.165, 1.54) is 23.3 Å². The number of aromatic nitrogens is 1. The highest BCUT2D eigenvalue weighted by Gasteiger charge is 2.39. The summed E-state index contributed by atoms with van der Waals surface area (Å²) in [5.41, 5.74) is 4.94. The van der Waals surface area contributed by atoms with Crippen LogP contribution in [0.25, 0.3) is 10.9 Å². The molecule has 0 saturated carbocycles. The van der Waals surface area contributed by atoms with Gasteiger partial charge in [0.15, 0.2) is 0 Å². The number of aromatic hydroxyl groups is 2. The molecule has 0 amide bonds. The molecule has 2 heterocycles. The average Bonchev–Trinajstić information content (AvgIpc) is 3.09. The summed E-state index contributed by atoms with van der Waals surface area (Å²) < 4.78 is 6.12. The first-order chi connectivity index (χ1) is 22.8. The van der Waals surface area contributed by atoms with E-state index in [2.05, 4.69) is 52.6 Å². The van der Waals surface area contributed by atoms with Gasteiger partial charge in [0.2, 0.25) is 5.56 Å². The number of hydrogen-bond donors (Lipinski definition) is 5. The van der Waals surface area contributed by atoms with Crippen molar-refractivity contribution < 1.29 is 20.1 Å². The Bertz CT molecular complexity index is 1860. The van der Waals surface area contributed by atoms with E-state index in [1.54, 1.807) is 12.1 Å². The number of nitrogens with zero attached hydrogens (tertiary/aromatic N) is 1. The van der Waals surface area contributed by atoms with Gasteiger partial charge < -0.3 is 35.3 Å². The van der Waals surface area contributed by atoms with Crippen LogP contribution in [0.3, 0.4) is 0 Å². The molecule has 6 rings (SSSR count). The van der Waals surface area contributed by atoms with E-state index in [0.717, 1.165) is 55.6 Å². The summed E-state index contributed by atoms with van der Waals surface area (Å²) in [5, 5.41) is 35.9. The number of fused-ring (bicyclic) bond motifs is 1. The summed E-state index contributed by atoms with van der Waals surface area (Å²) in [6.45, 7) is 3.37.